The van der Waals surface area contributed by atoms with Crippen molar-refractivity contribution in [2.75, 3.05) is 6.54 Å². The third-order valence-electron chi connectivity index (χ3n) is 3.79. The smallest absolute Gasteiger partial charge is 0.257 e. The maximum Gasteiger partial charge on any atom is 0.257 e. The molecule has 0 spiro atoms. The number of halogens is 2. The van der Waals surface area contributed by atoms with Crippen LogP contribution < -0.4 is 0 Å². The van der Waals surface area contributed by atoms with Crippen LogP contribution in [0.3, 0.4) is 0 Å². The molecule has 0 radical (unpaired) electrons. The molecule has 2 unspecified atom stereocenters. The molecule has 98 valence electrons. The van der Waals surface area contributed by atoms with E-state index in [0.717, 1.165) is 23.9 Å². The van der Waals surface area contributed by atoms with E-state index >= 15 is 0 Å². The zero-order valence-electron chi connectivity index (χ0n) is 10.6. The van der Waals surface area contributed by atoms with E-state index in [1.807, 2.05) is 6.92 Å². The summed E-state index contributed by atoms with van der Waals surface area (Å²) in [5.41, 5.74) is 0.158. The van der Waals surface area contributed by atoms with Crippen molar-refractivity contribution in [3.05, 3.63) is 34.1 Å². The maximum absolute atomic E-state index is 13.7. The van der Waals surface area contributed by atoms with Gasteiger partial charge in [-0.2, -0.15) is 0 Å². The highest BCUT2D eigenvalue weighted by Gasteiger charge is 2.30. The molecule has 0 N–H and O–H groups in total. The maximum atomic E-state index is 13.7. The van der Waals surface area contributed by atoms with Crippen molar-refractivity contribution in [2.45, 2.75) is 32.7 Å². The summed E-state index contributed by atoms with van der Waals surface area (Å²) in [5, 5.41) is 0. The lowest BCUT2D eigenvalue weighted by Gasteiger charge is -2.38. The molecule has 0 saturated carbocycles. The molecule has 1 aliphatic rings. The van der Waals surface area contributed by atoms with Crippen LogP contribution in [0.5, 0.6) is 0 Å². The van der Waals surface area contributed by atoms with Gasteiger partial charge in [-0.25, -0.2) is 4.39 Å². The number of piperidine rings is 1. The third kappa shape index (κ3) is 2.58. The van der Waals surface area contributed by atoms with E-state index in [1.165, 1.54) is 6.07 Å². The number of likely N-dealkylation sites (tertiary alicyclic amines) is 1. The highest BCUT2D eigenvalue weighted by molar-refractivity contribution is 9.10. The highest BCUT2D eigenvalue weighted by atomic mass is 79.9. The molecular weight excluding hydrogens is 297 g/mol. The molecule has 0 aliphatic carbocycles. The van der Waals surface area contributed by atoms with Gasteiger partial charge in [0.05, 0.1) is 5.56 Å². The van der Waals surface area contributed by atoms with Crippen molar-refractivity contribution in [2.24, 2.45) is 5.92 Å². The fourth-order valence-corrected chi connectivity index (χ4v) is 2.80. The molecule has 1 amide bonds. The summed E-state index contributed by atoms with van der Waals surface area (Å²) >= 11 is 3.28. The minimum absolute atomic E-state index is 0.158. The second-order valence-corrected chi connectivity index (χ2v) is 5.90. The average molecular weight is 314 g/mol. The number of hydrogen-bond acceptors (Lipinski definition) is 1. The van der Waals surface area contributed by atoms with Gasteiger partial charge in [-0.15, -0.1) is 0 Å². The lowest BCUT2D eigenvalue weighted by atomic mass is 9.91. The molecule has 1 fully saturated rings. The van der Waals surface area contributed by atoms with Gasteiger partial charge in [-0.05, 0) is 43.9 Å². The van der Waals surface area contributed by atoms with Crippen LogP contribution in [0.25, 0.3) is 0 Å². The second-order valence-electron chi connectivity index (χ2n) is 4.98. The highest BCUT2D eigenvalue weighted by Crippen LogP contribution is 2.26. The lowest BCUT2D eigenvalue weighted by Crippen LogP contribution is -2.46. The second kappa shape index (κ2) is 5.39. The molecule has 1 saturated heterocycles. The SMILES string of the molecule is CC1CCCN(C(=O)c2cc(Br)ccc2F)C1C. The Bertz CT molecular complexity index is 463. The molecule has 1 aromatic rings. The first kappa shape index (κ1) is 13.5. The Kier molecular flexibility index (Phi) is 4.05. The van der Waals surface area contributed by atoms with Gasteiger partial charge in [0.15, 0.2) is 0 Å². The standard InChI is InChI=1S/C14H17BrFNO/c1-9-4-3-7-17(10(9)2)14(18)12-8-11(15)5-6-13(12)16/h5-6,8-10H,3-4,7H2,1-2H3. The predicted octanol–water partition coefficient (Wildman–Crippen LogP) is 3.85. The number of carbonyl (C=O) groups excluding carboxylic acids is 1. The number of carbonyl (C=O) groups is 1. The first-order valence-corrected chi connectivity index (χ1v) is 7.06. The number of amides is 1. The largest absolute Gasteiger partial charge is 0.336 e. The minimum Gasteiger partial charge on any atom is -0.336 e. The van der Waals surface area contributed by atoms with Crippen molar-refractivity contribution in [3.63, 3.8) is 0 Å². The van der Waals surface area contributed by atoms with Crippen molar-refractivity contribution in [3.8, 4) is 0 Å². The lowest BCUT2D eigenvalue weighted by molar-refractivity contribution is 0.0546. The molecule has 1 aliphatic heterocycles. The fourth-order valence-electron chi connectivity index (χ4n) is 2.44. The van der Waals surface area contributed by atoms with Gasteiger partial charge in [0.25, 0.3) is 5.91 Å². The molecule has 0 bridgehead atoms. The fraction of sp³-hybridized carbons (Fsp3) is 0.500. The predicted molar refractivity (Wildman–Crippen MR) is 73.0 cm³/mol. The van der Waals surface area contributed by atoms with E-state index in [1.54, 1.807) is 17.0 Å². The Morgan fingerprint density at radius 2 is 2.17 bits per heavy atom. The van der Waals surface area contributed by atoms with E-state index in [9.17, 15) is 9.18 Å². The Hall–Kier alpha value is -0.900. The van der Waals surface area contributed by atoms with Gasteiger partial charge in [-0.1, -0.05) is 22.9 Å². The number of hydrogen-bond donors (Lipinski definition) is 0. The molecule has 0 aromatic heterocycles. The topological polar surface area (TPSA) is 20.3 Å². The van der Waals surface area contributed by atoms with Crippen LogP contribution in [0.4, 0.5) is 4.39 Å². The normalized spacial score (nSPS) is 24.1. The van der Waals surface area contributed by atoms with Crippen LogP contribution in [0, 0.1) is 11.7 Å². The average Bonchev–Trinajstić information content (AvgIpc) is 2.35. The molecule has 2 atom stereocenters. The first-order chi connectivity index (χ1) is 8.50. The quantitative estimate of drug-likeness (QED) is 0.771. The van der Waals surface area contributed by atoms with E-state index in [-0.39, 0.29) is 17.5 Å². The Balaban J connectivity index is 2.27. The van der Waals surface area contributed by atoms with E-state index < -0.39 is 5.82 Å². The number of nitrogens with zero attached hydrogens (tertiary/aromatic N) is 1. The van der Waals surface area contributed by atoms with Crippen LogP contribution in [0.1, 0.15) is 37.0 Å². The van der Waals surface area contributed by atoms with Crippen molar-refractivity contribution in [1.82, 2.24) is 4.90 Å². The van der Waals surface area contributed by atoms with Crippen molar-refractivity contribution < 1.29 is 9.18 Å². The molecule has 1 heterocycles. The summed E-state index contributed by atoms with van der Waals surface area (Å²) in [4.78, 5) is 14.2. The van der Waals surface area contributed by atoms with Gasteiger partial charge in [0, 0.05) is 17.1 Å². The van der Waals surface area contributed by atoms with Gasteiger partial charge in [0.1, 0.15) is 5.82 Å². The first-order valence-electron chi connectivity index (χ1n) is 6.26. The van der Waals surface area contributed by atoms with Gasteiger partial charge in [-0.3, -0.25) is 4.79 Å². The van der Waals surface area contributed by atoms with E-state index in [4.69, 9.17) is 0 Å². The van der Waals surface area contributed by atoms with Gasteiger partial charge >= 0.3 is 0 Å². The Morgan fingerprint density at radius 1 is 1.44 bits per heavy atom. The Labute approximate surface area is 115 Å². The van der Waals surface area contributed by atoms with Crippen LogP contribution >= 0.6 is 15.9 Å². The molecule has 2 nitrogen and oxygen atoms in total. The molecular formula is C14H17BrFNO. The summed E-state index contributed by atoms with van der Waals surface area (Å²) in [6, 6.07) is 4.66. The third-order valence-corrected chi connectivity index (χ3v) is 4.29. The number of benzene rings is 1. The molecule has 2 rings (SSSR count). The monoisotopic (exact) mass is 313 g/mol. The van der Waals surface area contributed by atoms with E-state index in [2.05, 4.69) is 22.9 Å². The minimum atomic E-state index is -0.450. The summed E-state index contributed by atoms with van der Waals surface area (Å²) in [6.07, 6.45) is 2.12. The van der Waals surface area contributed by atoms with Gasteiger partial charge in [0.2, 0.25) is 0 Å². The molecule has 1 aromatic carbocycles. The van der Waals surface area contributed by atoms with Crippen LogP contribution in [-0.4, -0.2) is 23.4 Å². The summed E-state index contributed by atoms with van der Waals surface area (Å²) in [7, 11) is 0. The summed E-state index contributed by atoms with van der Waals surface area (Å²) < 4.78 is 14.5. The van der Waals surface area contributed by atoms with Crippen molar-refractivity contribution in [1.29, 1.82) is 0 Å². The Morgan fingerprint density at radius 3 is 2.89 bits per heavy atom. The molecule has 4 heteroatoms. The zero-order valence-corrected chi connectivity index (χ0v) is 12.2. The molecule has 18 heavy (non-hydrogen) atoms. The summed E-state index contributed by atoms with van der Waals surface area (Å²) in [5.74, 6) is -0.181. The van der Waals surface area contributed by atoms with Gasteiger partial charge < -0.3 is 4.90 Å². The zero-order chi connectivity index (χ0) is 13.3. The van der Waals surface area contributed by atoms with Crippen LogP contribution in [-0.2, 0) is 0 Å². The van der Waals surface area contributed by atoms with Crippen LogP contribution in [0.2, 0.25) is 0 Å². The van der Waals surface area contributed by atoms with Crippen LogP contribution in [0.15, 0.2) is 22.7 Å². The van der Waals surface area contributed by atoms with Crippen molar-refractivity contribution >= 4 is 21.8 Å². The summed E-state index contributed by atoms with van der Waals surface area (Å²) in [6.45, 7) is 4.90. The van der Waals surface area contributed by atoms with E-state index in [0.29, 0.717) is 5.92 Å². The number of rotatable bonds is 1.